The number of hydrogen-bond donors (Lipinski definition) is 1. The van der Waals surface area contributed by atoms with E-state index in [-0.39, 0.29) is 17.8 Å². The van der Waals surface area contributed by atoms with E-state index >= 15 is 0 Å². The van der Waals surface area contributed by atoms with E-state index in [1.165, 1.54) is 17.9 Å². The lowest BCUT2D eigenvalue weighted by molar-refractivity contribution is -0.148. The Bertz CT molecular complexity index is 280. The zero-order valence-corrected chi connectivity index (χ0v) is 12.5. The first-order chi connectivity index (χ1) is 9.29. The molecule has 3 aliphatic heterocycles. The van der Waals surface area contributed by atoms with Crippen molar-refractivity contribution >= 4 is 11.8 Å². The molecule has 0 aliphatic carbocycles. The van der Waals surface area contributed by atoms with Crippen molar-refractivity contribution in [2.24, 2.45) is 5.92 Å². The molecule has 3 nitrogen and oxygen atoms in total. The zero-order chi connectivity index (χ0) is 13.1. The monoisotopic (exact) mass is 286 g/mol. The van der Waals surface area contributed by atoms with Crippen LogP contribution in [0.15, 0.2) is 0 Å². The highest BCUT2D eigenvalue weighted by atomic mass is 32.2. The molecule has 3 aliphatic rings. The minimum absolute atomic E-state index is 0.0732. The molecule has 0 aromatic carbocycles. The number of aliphatic hydroxyl groups is 1. The lowest BCUT2D eigenvalue weighted by Crippen LogP contribution is -2.48. The summed E-state index contributed by atoms with van der Waals surface area (Å²) in [6, 6.07) is 0. The fraction of sp³-hybridized carbons (Fsp3) is 1.00. The van der Waals surface area contributed by atoms with Crippen LogP contribution in [0.3, 0.4) is 0 Å². The van der Waals surface area contributed by atoms with Gasteiger partial charge < -0.3 is 14.6 Å². The van der Waals surface area contributed by atoms with Crippen LogP contribution in [0.1, 0.15) is 44.9 Å². The van der Waals surface area contributed by atoms with Crippen LogP contribution in [-0.2, 0) is 9.47 Å². The van der Waals surface area contributed by atoms with Gasteiger partial charge in [-0.15, -0.1) is 0 Å². The molecular formula is C15H26O3S. The van der Waals surface area contributed by atoms with Gasteiger partial charge in [0, 0.05) is 13.2 Å². The van der Waals surface area contributed by atoms with E-state index in [9.17, 15) is 5.11 Å². The highest BCUT2D eigenvalue weighted by Crippen LogP contribution is 2.41. The smallest absolute Gasteiger partial charge is 0.0836 e. The summed E-state index contributed by atoms with van der Waals surface area (Å²) in [5.41, 5.74) is 0.0732. The Morgan fingerprint density at radius 3 is 2.68 bits per heavy atom. The predicted octanol–water partition coefficient (Wildman–Crippen LogP) is 2.61. The van der Waals surface area contributed by atoms with E-state index in [0.29, 0.717) is 5.92 Å². The Balaban J connectivity index is 1.60. The quantitative estimate of drug-likeness (QED) is 0.847. The van der Waals surface area contributed by atoms with Crippen LogP contribution in [-0.4, -0.2) is 47.6 Å². The first kappa shape index (κ1) is 14.2. The second kappa shape index (κ2) is 6.33. The van der Waals surface area contributed by atoms with E-state index in [1.807, 2.05) is 11.8 Å². The predicted molar refractivity (Wildman–Crippen MR) is 77.6 cm³/mol. The Morgan fingerprint density at radius 2 is 1.95 bits per heavy atom. The van der Waals surface area contributed by atoms with E-state index in [1.54, 1.807) is 0 Å². The third-order valence-electron chi connectivity index (χ3n) is 5.01. The van der Waals surface area contributed by atoms with Crippen molar-refractivity contribution in [2.75, 3.05) is 24.7 Å². The molecule has 3 fully saturated rings. The third kappa shape index (κ3) is 3.29. The molecule has 19 heavy (non-hydrogen) atoms. The lowest BCUT2D eigenvalue weighted by Gasteiger charge is -2.45. The van der Waals surface area contributed by atoms with Crippen molar-refractivity contribution in [2.45, 2.75) is 62.8 Å². The van der Waals surface area contributed by atoms with Crippen molar-refractivity contribution in [3.63, 3.8) is 0 Å². The van der Waals surface area contributed by atoms with Gasteiger partial charge in [-0.25, -0.2) is 0 Å². The molecule has 0 radical (unpaired) electrons. The fourth-order valence-electron chi connectivity index (χ4n) is 3.79. The topological polar surface area (TPSA) is 38.7 Å². The largest absolute Gasteiger partial charge is 0.390 e. The molecule has 3 saturated heterocycles. The summed E-state index contributed by atoms with van der Waals surface area (Å²) in [7, 11) is 0. The van der Waals surface area contributed by atoms with Crippen molar-refractivity contribution < 1.29 is 14.6 Å². The Labute approximate surface area is 120 Å². The maximum atomic E-state index is 10.6. The molecule has 1 spiro atoms. The summed E-state index contributed by atoms with van der Waals surface area (Å²) in [4.78, 5) is 0. The van der Waals surface area contributed by atoms with E-state index in [4.69, 9.17) is 9.47 Å². The molecular weight excluding hydrogens is 260 g/mol. The molecule has 0 aromatic rings. The number of thioether (sulfide) groups is 1. The van der Waals surface area contributed by atoms with Gasteiger partial charge in [-0.05, 0) is 62.4 Å². The maximum Gasteiger partial charge on any atom is 0.0836 e. The molecule has 3 unspecified atom stereocenters. The van der Waals surface area contributed by atoms with Gasteiger partial charge in [-0.1, -0.05) is 0 Å². The standard InChI is InChI=1S/C15H26O3S/c16-14(13-3-1-2-7-17-13)12-4-8-18-15(11-12)5-9-19-10-6-15/h12-14,16H,1-11H2. The van der Waals surface area contributed by atoms with Gasteiger partial charge in [0.1, 0.15) is 0 Å². The van der Waals surface area contributed by atoms with Gasteiger partial charge in [-0.3, -0.25) is 0 Å². The summed E-state index contributed by atoms with van der Waals surface area (Å²) < 4.78 is 11.9. The number of aliphatic hydroxyl groups excluding tert-OH is 1. The lowest BCUT2D eigenvalue weighted by atomic mass is 9.77. The average Bonchev–Trinajstić information content (AvgIpc) is 2.48. The maximum absolute atomic E-state index is 10.6. The van der Waals surface area contributed by atoms with E-state index in [0.717, 1.165) is 51.7 Å². The van der Waals surface area contributed by atoms with Crippen LogP contribution >= 0.6 is 11.8 Å². The molecule has 3 atom stereocenters. The normalized spacial score (nSPS) is 37.1. The van der Waals surface area contributed by atoms with Gasteiger partial charge in [0.25, 0.3) is 0 Å². The van der Waals surface area contributed by atoms with Crippen LogP contribution < -0.4 is 0 Å². The van der Waals surface area contributed by atoms with Crippen LogP contribution in [0.25, 0.3) is 0 Å². The van der Waals surface area contributed by atoms with Gasteiger partial charge in [0.15, 0.2) is 0 Å². The molecule has 0 amide bonds. The summed E-state index contributed by atoms with van der Waals surface area (Å²) in [5.74, 6) is 2.80. The van der Waals surface area contributed by atoms with Gasteiger partial charge in [0.2, 0.25) is 0 Å². The van der Waals surface area contributed by atoms with Crippen LogP contribution in [0, 0.1) is 5.92 Å². The van der Waals surface area contributed by atoms with Crippen LogP contribution in [0.2, 0.25) is 0 Å². The number of rotatable bonds is 2. The van der Waals surface area contributed by atoms with Crippen molar-refractivity contribution in [1.29, 1.82) is 0 Å². The molecule has 0 bridgehead atoms. The molecule has 0 aromatic heterocycles. The van der Waals surface area contributed by atoms with E-state index in [2.05, 4.69) is 0 Å². The molecule has 110 valence electrons. The Hall–Kier alpha value is 0.230. The fourth-order valence-corrected chi connectivity index (χ4v) is 5.02. The molecule has 3 heterocycles. The minimum Gasteiger partial charge on any atom is -0.390 e. The van der Waals surface area contributed by atoms with Crippen molar-refractivity contribution in [1.82, 2.24) is 0 Å². The third-order valence-corrected chi connectivity index (χ3v) is 6.00. The van der Waals surface area contributed by atoms with Gasteiger partial charge in [0.05, 0.1) is 17.8 Å². The molecule has 1 N–H and O–H groups in total. The highest BCUT2D eigenvalue weighted by Gasteiger charge is 2.42. The minimum atomic E-state index is -0.282. The second-order valence-electron chi connectivity index (χ2n) is 6.29. The number of ether oxygens (including phenoxy) is 2. The second-order valence-corrected chi connectivity index (χ2v) is 7.52. The first-order valence-corrected chi connectivity index (χ1v) is 8.96. The molecule has 3 rings (SSSR count). The first-order valence-electron chi connectivity index (χ1n) is 7.80. The Kier molecular flexibility index (Phi) is 4.73. The van der Waals surface area contributed by atoms with Crippen LogP contribution in [0.4, 0.5) is 0 Å². The van der Waals surface area contributed by atoms with Crippen molar-refractivity contribution in [3.05, 3.63) is 0 Å². The highest BCUT2D eigenvalue weighted by molar-refractivity contribution is 7.99. The van der Waals surface area contributed by atoms with Crippen molar-refractivity contribution in [3.8, 4) is 0 Å². The number of hydrogen-bond acceptors (Lipinski definition) is 4. The summed E-state index contributed by atoms with van der Waals surface area (Å²) in [5, 5.41) is 10.6. The van der Waals surface area contributed by atoms with Crippen LogP contribution in [0.5, 0.6) is 0 Å². The van der Waals surface area contributed by atoms with E-state index < -0.39 is 0 Å². The summed E-state index contributed by atoms with van der Waals surface area (Å²) >= 11 is 2.03. The molecule has 4 heteroatoms. The summed E-state index contributed by atoms with van der Waals surface area (Å²) in [6.45, 7) is 1.64. The summed E-state index contributed by atoms with van der Waals surface area (Å²) in [6.07, 6.45) is 7.53. The zero-order valence-electron chi connectivity index (χ0n) is 11.7. The van der Waals surface area contributed by atoms with Gasteiger partial charge >= 0.3 is 0 Å². The molecule has 0 saturated carbocycles. The average molecular weight is 286 g/mol. The SMILES string of the molecule is OC(C1CCOC2(CCSCC2)C1)C1CCCCO1. The van der Waals surface area contributed by atoms with Gasteiger partial charge in [-0.2, -0.15) is 11.8 Å². The Morgan fingerprint density at radius 1 is 1.11 bits per heavy atom.